The topological polar surface area (TPSA) is 51.8 Å². The second-order valence-electron chi connectivity index (χ2n) is 11.0. The van der Waals surface area contributed by atoms with Gasteiger partial charge < -0.3 is 4.42 Å². The number of furan rings is 1. The highest BCUT2D eigenvalue weighted by molar-refractivity contribution is 6.34. The summed E-state index contributed by atoms with van der Waals surface area (Å²) in [7, 11) is 0. The Morgan fingerprint density at radius 2 is 1.22 bits per heavy atom. The van der Waals surface area contributed by atoms with Gasteiger partial charge in [0.2, 0.25) is 0 Å². The molecule has 2 heterocycles. The van der Waals surface area contributed by atoms with Crippen molar-refractivity contribution >= 4 is 33.5 Å². The molecule has 4 nitrogen and oxygen atoms in total. The summed E-state index contributed by atoms with van der Waals surface area (Å²) in [5, 5.41) is 2.63. The number of hydrogen-bond acceptors (Lipinski definition) is 4. The Bertz CT molecular complexity index is 2070. The number of rotatable bonds is 3. The van der Waals surface area contributed by atoms with E-state index in [1.54, 1.807) is 0 Å². The molecule has 0 atom stereocenters. The van der Waals surface area contributed by atoms with Crippen LogP contribution in [0.25, 0.3) is 67.2 Å². The van der Waals surface area contributed by atoms with Gasteiger partial charge in [0.1, 0.15) is 11.2 Å². The van der Waals surface area contributed by atoms with E-state index in [9.17, 15) is 0 Å². The summed E-state index contributed by atoms with van der Waals surface area (Å²) < 4.78 is 6.66. The largest absolute Gasteiger partial charge is 0.455 e. The molecule has 0 bridgehead atoms. The third kappa shape index (κ3) is 3.57. The van der Waals surface area contributed by atoms with Gasteiger partial charge in [0.25, 0.3) is 0 Å². The van der Waals surface area contributed by atoms with Gasteiger partial charge in [0.05, 0.1) is 0 Å². The summed E-state index contributed by atoms with van der Waals surface area (Å²) in [6.07, 6.45) is 0. The molecule has 0 saturated carbocycles. The zero-order valence-corrected chi connectivity index (χ0v) is 23.3. The molecule has 2 aromatic heterocycles. The van der Waals surface area contributed by atoms with E-state index in [1.165, 1.54) is 11.1 Å². The van der Waals surface area contributed by atoms with Gasteiger partial charge >= 0.3 is 0 Å². The minimum absolute atomic E-state index is 0.234. The Morgan fingerprint density at radius 3 is 1.90 bits per heavy atom. The Morgan fingerprint density at radius 1 is 0.634 bits per heavy atom. The van der Waals surface area contributed by atoms with E-state index in [-0.39, 0.29) is 5.41 Å². The highest BCUT2D eigenvalue weighted by Crippen LogP contribution is 2.55. The van der Waals surface area contributed by atoms with Crippen molar-refractivity contribution in [3.05, 3.63) is 125 Å². The smallest absolute Gasteiger partial charge is 0.164 e. The van der Waals surface area contributed by atoms with Gasteiger partial charge in [-0.3, -0.25) is 0 Å². The Balaban J connectivity index is 1.44. The summed E-state index contributed by atoms with van der Waals surface area (Å²) in [5.41, 5.74) is 8.70. The first-order valence-electron chi connectivity index (χ1n) is 13.7. The molecule has 0 saturated heterocycles. The minimum Gasteiger partial charge on any atom is -0.455 e. The van der Waals surface area contributed by atoms with Crippen LogP contribution < -0.4 is 0 Å². The number of hydrogen-bond donors (Lipinski definition) is 0. The van der Waals surface area contributed by atoms with Gasteiger partial charge in [-0.15, -0.1) is 0 Å². The second kappa shape index (κ2) is 8.85. The summed E-state index contributed by atoms with van der Waals surface area (Å²) in [4.78, 5) is 14.9. The summed E-state index contributed by atoms with van der Waals surface area (Å²) in [6.45, 7) is 4.45. The second-order valence-corrected chi connectivity index (χ2v) is 11.4. The molecule has 0 N–H and O–H groups in total. The fourth-order valence-corrected chi connectivity index (χ4v) is 6.73. The molecule has 0 amide bonds. The average Bonchev–Trinajstić information content (AvgIpc) is 3.50. The lowest BCUT2D eigenvalue weighted by atomic mass is 9.82. The van der Waals surface area contributed by atoms with Gasteiger partial charge in [-0.2, -0.15) is 0 Å². The molecule has 7 aromatic rings. The zero-order chi connectivity index (χ0) is 27.7. The van der Waals surface area contributed by atoms with Crippen LogP contribution in [-0.2, 0) is 5.41 Å². The third-order valence-corrected chi connectivity index (χ3v) is 8.47. The van der Waals surface area contributed by atoms with E-state index in [2.05, 4.69) is 50.2 Å². The van der Waals surface area contributed by atoms with Gasteiger partial charge in [-0.25, -0.2) is 15.0 Å². The lowest BCUT2D eigenvalue weighted by Crippen LogP contribution is -2.15. The molecule has 1 aliphatic rings. The van der Waals surface area contributed by atoms with E-state index in [4.69, 9.17) is 31.0 Å². The van der Waals surface area contributed by atoms with Crippen LogP contribution in [0.5, 0.6) is 0 Å². The standard InChI is InChI=1S/C36H24ClN3O/c1-36(2)26-18-10-9-16-23(26)30-31(36)27(37)20-25-29-24(17-11-19-28(29)41-32(25)30)35-39-33(21-12-5-3-6-13-21)38-34(40-35)22-14-7-4-8-15-22/h3-20H,1-2H3. The van der Waals surface area contributed by atoms with E-state index >= 15 is 0 Å². The highest BCUT2D eigenvalue weighted by Gasteiger charge is 2.39. The molecule has 0 unspecified atom stereocenters. The molecule has 0 fully saturated rings. The predicted octanol–water partition coefficient (Wildman–Crippen LogP) is 9.73. The first-order valence-corrected chi connectivity index (χ1v) is 14.0. The Kier molecular flexibility index (Phi) is 5.19. The first kappa shape index (κ1) is 24.0. The summed E-state index contributed by atoms with van der Waals surface area (Å²) in [6, 6.07) is 36.6. The quantitative estimate of drug-likeness (QED) is 0.220. The van der Waals surface area contributed by atoms with Crippen molar-refractivity contribution in [3.8, 4) is 45.3 Å². The van der Waals surface area contributed by atoms with Crippen molar-refractivity contribution in [2.45, 2.75) is 19.3 Å². The van der Waals surface area contributed by atoms with Gasteiger partial charge in [0, 0.05) is 43.5 Å². The predicted molar refractivity (Wildman–Crippen MR) is 166 cm³/mol. The normalized spacial score (nSPS) is 13.4. The van der Waals surface area contributed by atoms with Crippen LogP contribution in [0.4, 0.5) is 0 Å². The fraction of sp³-hybridized carbons (Fsp3) is 0.0833. The molecular weight excluding hydrogens is 526 g/mol. The van der Waals surface area contributed by atoms with Crippen LogP contribution in [0.1, 0.15) is 25.0 Å². The number of aromatic nitrogens is 3. The molecule has 1 aliphatic carbocycles. The van der Waals surface area contributed by atoms with Crippen LogP contribution in [-0.4, -0.2) is 15.0 Å². The Hall–Kier alpha value is -4.80. The molecule has 41 heavy (non-hydrogen) atoms. The van der Waals surface area contributed by atoms with Crippen molar-refractivity contribution in [2.75, 3.05) is 0 Å². The van der Waals surface area contributed by atoms with Crippen LogP contribution >= 0.6 is 11.6 Å². The molecule has 8 rings (SSSR count). The first-order chi connectivity index (χ1) is 20.0. The lowest BCUT2D eigenvalue weighted by molar-refractivity contribution is 0.653. The number of fused-ring (bicyclic) bond motifs is 7. The maximum Gasteiger partial charge on any atom is 0.164 e. The SMILES string of the molecule is CC1(C)c2ccccc2-c2c1c(Cl)cc1c2oc2cccc(-c3nc(-c4ccccc4)nc(-c4ccccc4)n3)c21. The molecule has 5 heteroatoms. The van der Waals surface area contributed by atoms with Gasteiger partial charge in [0.15, 0.2) is 17.5 Å². The minimum atomic E-state index is -0.234. The van der Waals surface area contributed by atoms with Crippen molar-refractivity contribution in [2.24, 2.45) is 0 Å². The fourth-order valence-electron chi connectivity index (χ4n) is 6.29. The highest BCUT2D eigenvalue weighted by atomic mass is 35.5. The van der Waals surface area contributed by atoms with E-state index < -0.39 is 0 Å². The molecule has 0 radical (unpaired) electrons. The van der Waals surface area contributed by atoms with E-state index in [0.29, 0.717) is 17.5 Å². The molecule has 196 valence electrons. The Labute approximate surface area is 242 Å². The number of nitrogens with zero attached hydrogens (tertiary/aromatic N) is 3. The number of halogens is 1. The van der Waals surface area contributed by atoms with E-state index in [0.717, 1.165) is 54.8 Å². The van der Waals surface area contributed by atoms with Gasteiger partial charge in [-0.1, -0.05) is 123 Å². The van der Waals surface area contributed by atoms with Gasteiger partial charge in [-0.05, 0) is 28.8 Å². The monoisotopic (exact) mass is 549 g/mol. The average molecular weight is 550 g/mol. The van der Waals surface area contributed by atoms with E-state index in [1.807, 2.05) is 72.8 Å². The van der Waals surface area contributed by atoms with Crippen molar-refractivity contribution < 1.29 is 4.42 Å². The van der Waals surface area contributed by atoms with Crippen molar-refractivity contribution in [1.29, 1.82) is 0 Å². The number of benzene rings is 5. The van der Waals surface area contributed by atoms with Crippen LogP contribution in [0.15, 0.2) is 114 Å². The molecular formula is C36H24ClN3O. The van der Waals surface area contributed by atoms with Crippen LogP contribution in [0.2, 0.25) is 5.02 Å². The van der Waals surface area contributed by atoms with Crippen molar-refractivity contribution in [3.63, 3.8) is 0 Å². The van der Waals surface area contributed by atoms with Crippen LogP contribution in [0, 0.1) is 0 Å². The lowest BCUT2D eigenvalue weighted by Gasteiger charge is -2.22. The molecule has 0 spiro atoms. The third-order valence-electron chi connectivity index (χ3n) is 8.17. The summed E-state index contributed by atoms with van der Waals surface area (Å²) >= 11 is 7.11. The molecule has 5 aromatic carbocycles. The zero-order valence-electron chi connectivity index (χ0n) is 22.5. The molecule has 0 aliphatic heterocycles. The maximum atomic E-state index is 7.11. The summed E-state index contributed by atoms with van der Waals surface area (Å²) in [5.74, 6) is 1.83. The maximum absolute atomic E-state index is 7.11. The van der Waals surface area contributed by atoms with Crippen LogP contribution in [0.3, 0.4) is 0 Å². The van der Waals surface area contributed by atoms with Crippen molar-refractivity contribution in [1.82, 2.24) is 15.0 Å².